The summed E-state index contributed by atoms with van der Waals surface area (Å²) in [6.45, 7) is 6.61. The molecule has 0 spiro atoms. The molecular formula is C16H22O2S. The predicted octanol–water partition coefficient (Wildman–Crippen LogP) is 4.03. The van der Waals surface area contributed by atoms with E-state index in [0.29, 0.717) is 5.92 Å². The van der Waals surface area contributed by atoms with Crippen LogP contribution in [0.15, 0.2) is 29.2 Å². The molecule has 1 saturated carbocycles. The molecule has 3 heteroatoms. The number of thioether (sulfide) groups is 1. The zero-order valence-corrected chi connectivity index (χ0v) is 12.9. The van der Waals surface area contributed by atoms with E-state index in [0.717, 1.165) is 17.7 Å². The maximum atomic E-state index is 11.8. The number of hydrogen-bond donors (Lipinski definition) is 0. The van der Waals surface area contributed by atoms with Crippen molar-refractivity contribution in [1.29, 1.82) is 0 Å². The van der Waals surface area contributed by atoms with Crippen molar-refractivity contribution in [2.75, 3.05) is 7.11 Å². The molecule has 0 amide bonds. The second kappa shape index (κ2) is 5.58. The van der Waals surface area contributed by atoms with E-state index in [-0.39, 0.29) is 16.6 Å². The second-order valence-electron chi connectivity index (χ2n) is 6.17. The molecule has 0 bridgehead atoms. The van der Waals surface area contributed by atoms with Crippen LogP contribution in [-0.2, 0) is 14.9 Å². The van der Waals surface area contributed by atoms with Gasteiger partial charge in [0.25, 0.3) is 0 Å². The molecule has 0 saturated heterocycles. The van der Waals surface area contributed by atoms with Gasteiger partial charge in [-0.1, -0.05) is 32.9 Å². The number of rotatable bonds is 4. The molecule has 0 aliphatic heterocycles. The van der Waals surface area contributed by atoms with Crippen LogP contribution < -0.4 is 0 Å². The Labute approximate surface area is 119 Å². The number of carbonyl (C=O) groups is 1. The quantitative estimate of drug-likeness (QED) is 0.614. The van der Waals surface area contributed by atoms with Crippen molar-refractivity contribution in [3.8, 4) is 0 Å². The van der Waals surface area contributed by atoms with Gasteiger partial charge in [0, 0.05) is 4.90 Å². The third-order valence-electron chi connectivity index (χ3n) is 3.47. The monoisotopic (exact) mass is 278 g/mol. The van der Waals surface area contributed by atoms with Crippen LogP contribution in [0.3, 0.4) is 0 Å². The Morgan fingerprint density at radius 2 is 1.84 bits per heavy atom. The highest BCUT2D eigenvalue weighted by molar-refractivity contribution is 8.00. The zero-order valence-electron chi connectivity index (χ0n) is 12.1. The second-order valence-corrected chi connectivity index (χ2v) is 7.39. The minimum absolute atomic E-state index is 0.0366. The van der Waals surface area contributed by atoms with Gasteiger partial charge in [-0.15, -0.1) is 11.8 Å². The molecule has 2 rings (SSSR count). The summed E-state index contributed by atoms with van der Waals surface area (Å²) >= 11 is 1.64. The molecule has 1 fully saturated rings. The summed E-state index contributed by atoms with van der Waals surface area (Å²) in [4.78, 5) is 12.9. The summed E-state index contributed by atoms with van der Waals surface area (Å²) in [5, 5.41) is -0.0366. The molecule has 2 nitrogen and oxygen atoms in total. The molecule has 0 radical (unpaired) electrons. The van der Waals surface area contributed by atoms with E-state index in [1.807, 2.05) is 0 Å². The van der Waals surface area contributed by atoms with Crippen LogP contribution in [0.4, 0.5) is 0 Å². The Kier molecular flexibility index (Phi) is 4.24. The van der Waals surface area contributed by atoms with E-state index < -0.39 is 0 Å². The minimum atomic E-state index is -0.0904. The van der Waals surface area contributed by atoms with E-state index in [4.69, 9.17) is 4.74 Å². The molecule has 0 aromatic heterocycles. The fourth-order valence-electron chi connectivity index (χ4n) is 2.03. The zero-order chi connectivity index (χ0) is 14.0. The lowest BCUT2D eigenvalue weighted by Crippen LogP contribution is -2.20. The van der Waals surface area contributed by atoms with Gasteiger partial charge in [-0.25, -0.2) is 0 Å². The molecule has 1 aliphatic carbocycles. The maximum absolute atomic E-state index is 11.8. The topological polar surface area (TPSA) is 26.3 Å². The molecule has 104 valence electrons. The molecule has 19 heavy (non-hydrogen) atoms. The SMILES string of the molecule is COC(=O)C(Sc1ccc(C(C)(C)C)cc1)C1CC1. The summed E-state index contributed by atoms with van der Waals surface area (Å²) in [6.07, 6.45) is 2.29. The Morgan fingerprint density at radius 3 is 2.26 bits per heavy atom. The van der Waals surface area contributed by atoms with Gasteiger partial charge in [-0.05, 0) is 41.9 Å². The molecule has 1 aromatic carbocycles. The van der Waals surface area contributed by atoms with Crippen LogP contribution in [0.1, 0.15) is 39.2 Å². The fourth-order valence-corrected chi connectivity index (χ4v) is 3.28. The smallest absolute Gasteiger partial charge is 0.319 e. The highest BCUT2D eigenvalue weighted by Gasteiger charge is 2.37. The van der Waals surface area contributed by atoms with Crippen LogP contribution in [0, 0.1) is 5.92 Å². The first-order chi connectivity index (χ1) is 8.91. The molecule has 1 unspecified atom stereocenters. The largest absolute Gasteiger partial charge is 0.468 e. The average molecular weight is 278 g/mol. The van der Waals surface area contributed by atoms with E-state index in [2.05, 4.69) is 45.0 Å². The van der Waals surface area contributed by atoms with Gasteiger partial charge in [-0.3, -0.25) is 4.79 Å². The van der Waals surface area contributed by atoms with Crippen molar-refractivity contribution in [2.45, 2.75) is 49.2 Å². The molecule has 1 aromatic rings. The minimum Gasteiger partial charge on any atom is -0.468 e. The lowest BCUT2D eigenvalue weighted by atomic mass is 9.87. The normalized spacial score (nSPS) is 17.1. The predicted molar refractivity (Wildman–Crippen MR) is 79.5 cm³/mol. The maximum Gasteiger partial charge on any atom is 0.319 e. The third-order valence-corrected chi connectivity index (χ3v) is 4.84. The highest BCUT2D eigenvalue weighted by Crippen LogP contribution is 2.42. The number of benzene rings is 1. The first kappa shape index (κ1) is 14.4. The van der Waals surface area contributed by atoms with Gasteiger partial charge < -0.3 is 4.74 Å². The van der Waals surface area contributed by atoms with Crippen LogP contribution in [0.5, 0.6) is 0 Å². The van der Waals surface area contributed by atoms with Gasteiger partial charge in [-0.2, -0.15) is 0 Å². The summed E-state index contributed by atoms with van der Waals surface area (Å²) in [5.74, 6) is 0.409. The van der Waals surface area contributed by atoms with E-state index in [1.54, 1.807) is 11.8 Å². The Morgan fingerprint density at radius 1 is 1.26 bits per heavy atom. The Bertz CT molecular complexity index is 441. The number of esters is 1. The summed E-state index contributed by atoms with van der Waals surface area (Å²) in [5.41, 5.74) is 1.49. The van der Waals surface area contributed by atoms with Crippen LogP contribution in [0.2, 0.25) is 0 Å². The van der Waals surface area contributed by atoms with E-state index >= 15 is 0 Å². The van der Waals surface area contributed by atoms with Gasteiger partial charge in [0.1, 0.15) is 5.25 Å². The Hall–Kier alpha value is -0.960. The van der Waals surface area contributed by atoms with Crippen molar-refractivity contribution in [2.24, 2.45) is 5.92 Å². The standard InChI is InChI=1S/C16H22O2S/c1-16(2,3)12-7-9-13(10-8-12)19-14(11-5-6-11)15(17)18-4/h7-11,14H,5-6H2,1-4H3. The molecule has 1 aliphatic rings. The van der Waals surface area contributed by atoms with Crippen LogP contribution in [0.25, 0.3) is 0 Å². The lowest BCUT2D eigenvalue weighted by molar-refractivity contribution is -0.140. The van der Waals surface area contributed by atoms with Gasteiger partial charge in [0.2, 0.25) is 0 Å². The van der Waals surface area contributed by atoms with Crippen molar-refractivity contribution >= 4 is 17.7 Å². The third kappa shape index (κ3) is 3.75. The number of ether oxygens (including phenoxy) is 1. The molecule has 1 atom stereocenters. The van der Waals surface area contributed by atoms with Crippen LogP contribution in [-0.4, -0.2) is 18.3 Å². The number of hydrogen-bond acceptors (Lipinski definition) is 3. The molecular weight excluding hydrogens is 256 g/mol. The average Bonchev–Trinajstić information content (AvgIpc) is 3.19. The van der Waals surface area contributed by atoms with Gasteiger partial charge in [0.05, 0.1) is 7.11 Å². The number of carbonyl (C=O) groups excluding carboxylic acids is 1. The fraction of sp³-hybridized carbons (Fsp3) is 0.562. The van der Waals surface area contributed by atoms with Crippen molar-refractivity contribution in [3.63, 3.8) is 0 Å². The van der Waals surface area contributed by atoms with Crippen LogP contribution >= 0.6 is 11.8 Å². The molecule has 0 heterocycles. The van der Waals surface area contributed by atoms with Crippen molar-refractivity contribution < 1.29 is 9.53 Å². The number of methoxy groups -OCH3 is 1. The van der Waals surface area contributed by atoms with Gasteiger partial charge >= 0.3 is 5.97 Å². The Balaban J connectivity index is 2.07. The van der Waals surface area contributed by atoms with E-state index in [1.165, 1.54) is 12.7 Å². The summed E-state index contributed by atoms with van der Waals surface area (Å²) in [7, 11) is 1.47. The van der Waals surface area contributed by atoms with Gasteiger partial charge in [0.15, 0.2) is 0 Å². The first-order valence-electron chi connectivity index (χ1n) is 6.77. The van der Waals surface area contributed by atoms with E-state index in [9.17, 15) is 4.79 Å². The highest BCUT2D eigenvalue weighted by atomic mass is 32.2. The first-order valence-corrected chi connectivity index (χ1v) is 7.65. The lowest BCUT2D eigenvalue weighted by Gasteiger charge is -2.19. The summed E-state index contributed by atoms with van der Waals surface area (Å²) in [6, 6.07) is 8.54. The summed E-state index contributed by atoms with van der Waals surface area (Å²) < 4.78 is 4.90. The molecule has 0 N–H and O–H groups in total. The van der Waals surface area contributed by atoms with Crippen molar-refractivity contribution in [1.82, 2.24) is 0 Å². The van der Waals surface area contributed by atoms with Crippen molar-refractivity contribution in [3.05, 3.63) is 29.8 Å².